The molecule has 0 amide bonds. The molecule has 0 aromatic rings. The average molecular weight is 253 g/mol. The molecule has 1 heterocycles. The number of carboxylic acids is 1. The average Bonchev–Trinajstić information content (AvgIpc) is 2.27. The van der Waals surface area contributed by atoms with Crippen LogP contribution in [-0.2, 0) is 4.79 Å². The Labute approximate surface area is 111 Å². The maximum atomic E-state index is 11.0. The smallest absolute Gasteiger partial charge is 0.306 e. The number of aliphatic carboxylic acids is 1. The second kappa shape index (κ2) is 5.60. The van der Waals surface area contributed by atoms with Crippen molar-refractivity contribution in [2.24, 2.45) is 23.7 Å². The normalized spacial score (nSPS) is 32.2. The molecule has 3 nitrogen and oxygen atoms in total. The molecule has 2 aliphatic rings. The molecule has 104 valence electrons. The maximum absolute atomic E-state index is 11.0. The summed E-state index contributed by atoms with van der Waals surface area (Å²) in [6.45, 7) is 8.52. The van der Waals surface area contributed by atoms with Gasteiger partial charge in [-0.1, -0.05) is 33.6 Å². The van der Waals surface area contributed by atoms with E-state index in [2.05, 4.69) is 18.7 Å². The number of likely N-dealkylation sites (tertiary alicyclic amines) is 1. The SMILES string of the molecule is CC(C)C1CCCCC1N1CC(C(C)C(=O)O)C1. The van der Waals surface area contributed by atoms with Gasteiger partial charge >= 0.3 is 5.97 Å². The number of hydrogen-bond acceptors (Lipinski definition) is 2. The molecule has 3 heteroatoms. The van der Waals surface area contributed by atoms with Crippen LogP contribution in [0.2, 0.25) is 0 Å². The van der Waals surface area contributed by atoms with Crippen molar-refractivity contribution >= 4 is 5.97 Å². The Bertz CT molecular complexity index is 297. The van der Waals surface area contributed by atoms with E-state index in [0.717, 1.165) is 31.0 Å². The van der Waals surface area contributed by atoms with E-state index < -0.39 is 5.97 Å². The summed E-state index contributed by atoms with van der Waals surface area (Å²) in [6, 6.07) is 0.719. The van der Waals surface area contributed by atoms with Crippen LogP contribution in [-0.4, -0.2) is 35.1 Å². The topological polar surface area (TPSA) is 40.5 Å². The molecule has 0 aromatic heterocycles. The Kier molecular flexibility index (Phi) is 4.31. The van der Waals surface area contributed by atoms with E-state index in [1.54, 1.807) is 0 Å². The van der Waals surface area contributed by atoms with Gasteiger partial charge < -0.3 is 5.11 Å². The quantitative estimate of drug-likeness (QED) is 0.837. The summed E-state index contributed by atoms with van der Waals surface area (Å²) in [5.74, 6) is 1.13. The monoisotopic (exact) mass is 253 g/mol. The molecule has 1 N–H and O–H groups in total. The fourth-order valence-corrected chi connectivity index (χ4v) is 3.71. The summed E-state index contributed by atoms with van der Waals surface area (Å²) in [5.41, 5.74) is 0. The van der Waals surface area contributed by atoms with Crippen molar-refractivity contribution in [3.05, 3.63) is 0 Å². The van der Waals surface area contributed by atoms with Gasteiger partial charge in [0.25, 0.3) is 0 Å². The van der Waals surface area contributed by atoms with Gasteiger partial charge in [0.15, 0.2) is 0 Å². The first-order valence-corrected chi connectivity index (χ1v) is 7.47. The predicted molar refractivity (Wildman–Crippen MR) is 72.4 cm³/mol. The molecular formula is C15H27NO2. The molecule has 0 radical (unpaired) electrons. The van der Waals surface area contributed by atoms with Gasteiger partial charge in [0, 0.05) is 19.1 Å². The fourth-order valence-electron chi connectivity index (χ4n) is 3.71. The van der Waals surface area contributed by atoms with E-state index >= 15 is 0 Å². The van der Waals surface area contributed by atoms with Gasteiger partial charge in [-0.05, 0) is 30.6 Å². The number of carbonyl (C=O) groups is 1. The Morgan fingerprint density at radius 3 is 2.33 bits per heavy atom. The van der Waals surface area contributed by atoms with Crippen LogP contribution in [0.15, 0.2) is 0 Å². The van der Waals surface area contributed by atoms with Gasteiger partial charge in [-0.3, -0.25) is 9.69 Å². The van der Waals surface area contributed by atoms with Gasteiger partial charge in [0.2, 0.25) is 0 Å². The largest absolute Gasteiger partial charge is 0.481 e. The van der Waals surface area contributed by atoms with Gasteiger partial charge in [-0.2, -0.15) is 0 Å². The minimum Gasteiger partial charge on any atom is -0.481 e. The number of hydrogen-bond donors (Lipinski definition) is 1. The summed E-state index contributed by atoms with van der Waals surface area (Å²) in [6.07, 6.45) is 5.40. The highest BCUT2D eigenvalue weighted by atomic mass is 16.4. The highest BCUT2D eigenvalue weighted by Crippen LogP contribution is 2.38. The first kappa shape index (κ1) is 13.9. The zero-order valence-electron chi connectivity index (χ0n) is 11.9. The van der Waals surface area contributed by atoms with Crippen LogP contribution >= 0.6 is 0 Å². The summed E-state index contributed by atoms with van der Waals surface area (Å²) in [5, 5.41) is 9.04. The van der Waals surface area contributed by atoms with Gasteiger partial charge in [-0.15, -0.1) is 0 Å². The van der Waals surface area contributed by atoms with Crippen LogP contribution in [0.25, 0.3) is 0 Å². The molecule has 3 atom stereocenters. The molecule has 3 unspecified atom stereocenters. The van der Waals surface area contributed by atoms with Gasteiger partial charge in [0.1, 0.15) is 0 Å². The highest BCUT2D eigenvalue weighted by molar-refractivity contribution is 5.70. The highest BCUT2D eigenvalue weighted by Gasteiger charge is 2.41. The molecule has 1 aliphatic heterocycles. The van der Waals surface area contributed by atoms with Crippen molar-refractivity contribution in [1.29, 1.82) is 0 Å². The second-order valence-corrected chi connectivity index (χ2v) is 6.60. The van der Waals surface area contributed by atoms with Crippen LogP contribution in [0.3, 0.4) is 0 Å². The van der Waals surface area contributed by atoms with E-state index in [-0.39, 0.29) is 5.92 Å². The lowest BCUT2D eigenvalue weighted by Crippen LogP contribution is -2.58. The zero-order chi connectivity index (χ0) is 13.3. The first-order chi connectivity index (χ1) is 8.50. The second-order valence-electron chi connectivity index (χ2n) is 6.60. The third kappa shape index (κ3) is 2.71. The molecule has 2 fully saturated rings. The predicted octanol–water partition coefficient (Wildman–Crippen LogP) is 2.85. The molecule has 0 aromatic carbocycles. The first-order valence-electron chi connectivity index (χ1n) is 7.47. The molecule has 2 rings (SSSR count). The minimum absolute atomic E-state index is 0.178. The molecule has 1 aliphatic carbocycles. The Balaban J connectivity index is 1.88. The molecular weight excluding hydrogens is 226 g/mol. The Hall–Kier alpha value is -0.570. The number of carboxylic acid groups (broad SMARTS) is 1. The fraction of sp³-hybridized carbons (Fsp3) is 0.933. The number of rotatable bonds is 4. The van der Waals surface area contributed by atoms with Crippen LogP contribution < -0.4 is 0 Å². The van der Waals surface area contributed by atoms with Crippen LogP contribution in [0, 0.1) is 23.7 Å². The van der Waals surface area contributed by atoms with Crippen molar-refractivity contribution in [2.45, 2.75) is 52.5 Å². The van der Waals surface area contributed by atoms with Crippen LogP contribution in [0.1, 0.15) is 46.5 Å². The Morgan fingerprint density at radius 2 is 1.78 bits per heavy atom. The minimum atomic E-state index is -0.635. The Morgan fingerprint density at radius 1 is 1.17 bits per heavy atom. The summed E-state index contributed by atoms with van der Waals surface area (Å²) >= 11 is 0. The van der Waals surface area contributed by atoms with Crippen molar-refractivity contribution in [3.63, 3.8) is 0 Å². The third-order valence-electron chi connectivity index (χ3n) is 5.14. The zero-order valence-corrected chi connectivity index (χ0v) is 11.9. The van der Waals surface area contributed by atoms with Crippen LogP contribution in [0.4, 0.5) is 0 Å². The van der Waals surface area contributed by atoms with Crippen molar-refractivity contribution in [3.8, 4) is 0 Å². The van der Waals surface area contributed by atoms with Crippen LogP contribution in [0.5, 0.6) is 0 Å². The van der Waals surface area contributed by atoms with E-state index in [1.807, 2.05) is 6.92 Å². The summed E-state index contributed by atoms with van der Waals surface area (Å²) < 4.78 is 0. The van der Waals surface area contributed by atoms with Crippen molar-refractivity contribution < 1.29 is 9.90 Å². The van der Waals surface area contributed by atoms with Gasteiger partial charge in [0.05, 0.1) is 5.92 Å². The number of nitrogens with zero attached hydrogens (tertiary/aromatic N) is 1. The summed E-state index contributed by atoms with van der Waals surface area (Å²) in [4.78, 5) is 13.5. The molecule has 0 spiro atoms. The molecule has 1 saturated heterocycles. The maximum Gasteiger partial charge on any atom is 0.306 e. The van der Waals surface area contributed by atoms with Gasteiger partial charge in [-0.25, -0.2) is 0 Å². The molecule has 18 heavy (non-hydrogen) atoms. The molecule has 1 saturated carbocycles. The lowest BCUT2D eigenvalue weighted by atomic mass is 9.74. The molecule has 0 bridgehead atoms. The summed E-state index contributed by atoms with van der Waals surface area (Å²) in [7, 11) is 0. The van der Waals surface area contributed by atoms with Crippen molar-refractivity contribution in [2.75, 3.05) is 13.1 Å². The van der Waals surface area contributed by atoms with E-state index in [4.69, 9.17) is 5.11 Å². The van der Waals surface area contributed by atoms with E-state index in [0.29, 0.717) is 5.92 Å². The third-order valence-corrected chi connectivity index (χ3v) is 5.14. The van der Waals surface area contributed by atoms with E-state index in [9.17, 15) is 4.79 Å². The lowest BCUT2D eigenvalue weighted by Gasteiger charge is -2.50. The lowest BCUT2D eigenvalue weighted by molar-refractivity contribution is -0.146. The van der Waals surface area contributed by atoms with E-state index in [1.165, 1.54) is 25.7 Å². The van der Waals surface area contributed by atoms with Crippen molar-refractivity contribution in [1.82, 2.24) is 4.90 Å². The standard InChI is InChI=1S/C15H27NO2/c1-10(2)13-6-4-5-7-14(13)16-8-12(9-16)11(3)15(17)18/h10-14H,4-9H2,1-3H3,(H,17,18).